The molecule has 5 nitrogen and oxygen atoms in total. The third-order valence-electron chi connectivity index (χ3n) is 2.91. The summed E-state index contributed by atoms with van der Waals surface area (Å²) in [6, 6.07) is 3.51. The van der Waals surface area contributed by atoms with Crippen LogP contribution in [-0.4, -0.2) is 36.6 Å². The number of benzene rings is 1. The average molecular weight is 362 g/mol. The number of hydrogen-bond acceptors (Lipinski definition) is 6. The van der Waals surface area contributed by atoms with Gasteiger partial charge in [0.05, 0.1) is 19.1 Å². The van der Waals surface area contributed by atoms with Crippen molar-refractivity contribution in [3.8, 4) is 11.5 Å². The van der Waals surface area contributed by atoms with Gasteiger partial charge >= 0.3 is 5.97 Å². The minimum atomic E-state index is -0.260. The zero-order chi connectivity index (χ0) is 14.7. The minimum absolute atomic E-state index is 0.0882. The van der Waals surface area contributed by atoms with Gasteiger partial charge in [-0.1, -0.05) is 15.9 Å². The maximum Gasteiger partial charge on any atom is 0.320 e. The largest absolute Gasteiger partial charge is 0.504 e. The van der Waals surface area contributed by atoms with Crippen molar-refractivity contribution in [1.29, 1.82) is 0 Å². The van der Waals surface area contributed by atoms with Crippen molar-refractivity contribution in [2.75, 3.05) is 20.3 Å². The Morgan fingerprint density at radius 2 is 2.35 bits per heavy atom. The predicted molar refractivity (Wildman–Crippen MR) is 81.1 cm³/mol. The summed E-state index contributed by atoms with van der Waals surface area (Å²) in [5.74, 6) is 0.260. The Kier molecular flexibility index (Phi) is 5.17. The topological polar surface area (TPSA) is 67.8 Å². The molecule has 0 spiro atoms. The third kappa shape index (κ3) is 3.21. The van der Waals surface area contributed by atoms with E-state index in [-0.39, 0.29) is 22.3 Å². The van der Waals surface area contributed by atoms with Crippen molar-refractivity contribution in [1.82, 2.24) is 5.32 Å². The molecule has 1 aliphatic heterocycles. The van der Waals surface area contributed by atoms with Gasteiger partial charge in [-0.2, -0.15) is 0 Å². The minimum Gasteiger partial charge on any atom is -0.504 e. The molecule has 2 rings (SSSR count). The molecule has 1 aromatic rings. The lowest BCUT2D eigenvalue weighted by Gasteiger charge is -2.15. The molecule has 2 N–H and O–H groups in total. The van der Waals surface area contributed by atoms with Gasteiger partial charge in [0, 0.05) is 16.6 Å². The van der Waals surface area contributed by atoms with Gasteiger partial charge in [0.1, 0.15) is 5.25 Å². The summed E-state index contributed by atoms with van der Waals surface area (Å²) in [7, 11) is 1.50. The zero-order valence-corrected chi connectivity index (χ0v) is 13.6. The van der Waals surface area contributed by atoms with Gasteiger partial charge in [-0.05, 0) is 19.1 Å². The van der Waals surface area contributed by atoms with Crippen molar-refractivity contribution in [3.05, 3.63) is 22.2 Å². The van der Waals surface area contributed by atoms with Crippen LogP contribution < -0.4 is 10.1 Å². The van der Waals surface area contributed by atoms with Crippen LogP contribution in [0.25, 0.3) is 0 Å². The van der Waals surface area contributed by atoms with Crippen LogP contribution in [0.5, 0.6) is 11.5 Å². The molecule has 2 unspecified atom stereocenters. The van der Waals surface area contributed by atoms with E-state index in [1.807, 2.05) is 6.07 Å². The van der Waals surface area contributed by atoms with E-state index in [2.05, 4.69) is 21.2 Å². The maximum absolute atomic E-state index is 11.7. The third-order valence-corrected chi connectivity index (χ3v) is 4.75. The number of phenolic OH excluding ortho intramolecular Hbond substituents is 1. The summed E-state index contributed by atoms with van der Waals surface area (Å²) in [6.45, 7) is 2.67. The summed E-state index contributed by atoms with van der Waals surface area (Å²) in [5, 5.41) is 13.0. The maximum atomic E-state index is 11.7. The Bertz CT molecular complexity index is 511. The molecular formula is C13H16BrNO4S. The van der Waals surface area contributed by atoms with Gasteiger partial charge in [0.2, 0.25) is 0 Å². The van der Waals surface area contributed by atoms with Gasteiger partial charge in [-0.3, -0.25) is 10.1 Å². The van der Waals surface area contributed by atoms with E-state index >= 15 is 0 Å². The van der Waals surface area contributed by atoms with Crippen LogP contribution in [0.1, 0.15) is 17.9 Å². The molecule has 0 aliphatic carbocycles. The van der Waals surface area contributed by atoms with Crippen LogP contribution in [0.3, 0.4) is 0 Å². The molecule has 7 heteroatoms. The number of phenols is 1. The number of ether oxygens (including phenoxy) is 2. The molecule has 1 aromatic carbocycles. The fourth-order valence-corrected chi connectivity index (χ4v) is 3.66. The highest BCUT2D eigenvalue weighted by atomic mass is 79.9. The SMILES string of the molecule is CCOC(=O)C1CNC(c2cc(Br)cc(OC)c2O)S1. The molecule has 1 aliphatic rings. The Hall–Kier alpha value is -0.920. The number of hydrogen-bond donors (Lipinski definition) is 2. The van der Waals surface area contributed by atoms with E-state index in [1.165, 1.54) is 18.9 Å². The number of rotatable bonds is 4. The van der Waals surface area contributed by atoms with Crippen molar-refractivity contribution >= 4 is 33.7 Å². The Morgan fingerprint density at radius 1 is 1.60 bits per heavy atom. The summed E-state index contributed by atoms with van der Waals surface area (Å²) >= 11 is 4.82. The quantitative estimate of drug-likeness (QED) is 0.802. The van der Waals surface area contributed by atoms with Crippen molar-refractivity contribution in [2.45, 2.75) is 17.5 Å². The lowest BCUT2D eigenvalue weighted by Crippen LogP contribution is -2.24. The number of carbonyl (C=O) groups excluding carboxylic acids is 1. The number of aromatic hydroxyl groups is 1. The zero-order valence-electron chi connectivity index (χ0n) is 11.2. The first kappa shape index (κ1) is 15.5. The van der Waals surface area contributed by atoms with Crippen molar-refractivity contribution in [3.63, 3.8) is 0 Å². The molecule has 2 atom stereocenters. The van der Waals surface area contributed by atoms with E-state index in [4.69, 9.17) is 9.47 Å². The first-order chi connectivity index (χ1) is 9.56. The van der Waals surface area contributed by atoms with Gasteiger partial charge in [0.25, 0.3) is 0 Å². The molecule has 1 fully saturated rings. The smallest absolute Gasteiger partial charge is 0.320 e. The lowest BCUT2D eigenvalue weighted by molar-refractivity contribution is -0.142. The molecule has 1 saturated heterocycles. The standard InChI is InChI=1S/C13H16BrNO4S/c1-3-19-13(17)10-6-15-12(20-10)8-4-7(14)5-9(18-2)11(8)16/h4-5,10,12,15-16H,3,6H2,1-2H3. The Labute approximate surface area is 130 Å². The Balaban J connectivity index is 2.18. The molecule has 0 radical (unpaired) electrons. The van der Waals surface area contributed by atoms with E-state index in [1.54, 1.807) is 13.0 Å². The summed E-state index contributed by atoms with van der Waals surface area (Å²) in [4.78, 5) is 11.7. The molecule has 20 heavy (non-hydrogen) atoms. The van der Waals surface area contributed by atoms with Gasteiger partial charge < -0.3 is 14.6 Å². The monoisotopic (exact) mass is 361 g/mol. The molecule has 0 saturated carbocycles. The van der Waals surface area contributed by atoms with Crippen molar-refractivity contribution < 1.29 is 19.4 Å². The average Bonchev–Trinajstić information content (AvgIpc) is 2.91. The van der Waals surface area contributed by atoms with E-state index in [0.29, 0.717) is 24.5 Å². The second-order valence-electron chi connectivity index (χ2n) is 4.21. The molecule has 0 aromatic heterocycles. The fourth-order valence-electron chi connectivity index (χ4n) is 1.98. The number of methoxy groups -OCH3 is 1. The van der Waals surface area contributed by atoms with Crippen LogP contribution in [0.4, 0.5) is 0 Å². The van der Waals surface area contributed by atoms with Crippen LogP contribution in [0.15, 0.2) is 16.6 Å². The first-order valence-electron chi connectivity index (χ1n) is 6.18. The van der Waals surface area contributed by atoms with Gasteiger partial charge in [-0.25, -0.2) is 0 Å². The predicted octanol–water partition coefficient (Wildman–Crippen LogP) is 2.43. The van der Waals surface area contributed by atoms with Crippen molar-refractivity contribution in [2.24, 2.45) is 0 Å². The molecule has 110 valence electrons. The molecular weight excluding hydrogens is 346 g/mol. The molecule has 1 heterocycles. The summed E-state index contributed by atoms with van der Waals surface area (Å²) in [5.41, 5.74) is 0.688. The number of halogens is 1. The van der Waals surface area contributed by atoms with E-state index < -0.39 is 0 Å². The molecule has 0 bridgehead atoms. The number of esters is 1. The molecule has 0 amide bonds. The second-order valence-corrected chi connectivity index (χ2v) is 6.44. The van der Waals surface area contributed by atoms with E-state index in [0.717, 1.165) is 4.47 Å². The lowest BCUT2D eigenvalue weighted by atomic mass is 10.2. The van der Waals surface area contributed by atoms with Crippen LogP contribution in [-0.2, 0) is 9.53 Å². The van der Waals surface area contributed by atoms with Crippen LogP contribution in [0, 0.1) is 0 Å². The first-order valence-corrected chi connectivity index (χ1v) is 7.92. The highest BCUT2D eigenvalue weighted by molar-refractivity contribution is 9.10. The second kappa shape index (κ2) is 6.69. The van der Waals surface area contributed by atoms with Crippen LogP contribution in [0.2, 0.25) is 0 Å². The van der Waals surface area contributed by atoms with Crippen LogP contribution >= 0.6 is 27.7 Å². The highest BCUT2D eigenvalue weighted by Crippen LogP contribution is 2.44. The van der Waals surface area contributed by atoms with Gasteiger partial charge in [0.15, 0.2) is 11.5 Å². The number of thioether (sulfide) groups is 1. The number of carbonyl (C=O) groups is 1. The highest BCUT2D eigenvalue weighted by Gasteiger charge is 2.34. The van der Waals surface area contributed by atoms with Gasteiger partial charge in [-0.15, -0.1) is 11.8 Å². The summed E-state index contributed by atoms with van der Waals surface area (Å²) < 4.78 is 11.0. The normalized spacial score (nSPS) is 21.8. The number of nitrogens with one attached hydrogen (secondary N) is 1. The van der Waals surface area contributed by atoms with E-state index in [9.17, 15) is 9.90 Å². The Morgan fingerprint density at radius 3 is 3.00 bits per heavy atom. The summed E-state index contributed by atoms with van der Waals surface area (Å²) in [6.07, 6.45) is 0. The fraction of sp³-hybridized carbons (Fsp3) is 0.462.